The fourth-order valence-electron chi connectivity index (χ4n) is 1.59. The summed E-state index contributed by atoms with van der Waals surface area (Å²) in [7, 11) is 0. The number of hydrogen-bond acceptors (Lipinski definition) is 3. The minimum Gasteiger partial charge on any atom is -0.493 e. The van der Waals surface area contributed by atoms with E-state index in [2.05, 4.69) is 11.2 Å². The summed E-state index contributed by atoms with van der Waals surface area (Å²) in [4.78, 5) is 12.1. The molecule has 0 heterocycles. The molecule has 1 rings (SSSR count). The maximum atomic E-state index is 12.1. The highest BCUT2D eigenvalue weighted by molar-refractivity contribution is 6.02. The Morgan fingerprint density at radius 3 is 2.94 bits per heavy atom. The predicted octanol–water partition coefficient (Wildman–Crippen LogP) is 1.81. The van der Waals surface area contributed by atoms with Gasteiger partial charge in [0.15, 0.2) is 0 Å². The number of amides is 1. The first kappa shape index (κ1) is 13.9. The van der Waals surface area contributed by atoms with E-state index in [4.69, 9.17) is 16.9 Å². The lowest BCUT2D eigenvalue weighted by Gasteiger charge is -2.15. The van der Waals surface area contributed by atoms with Crippen molar-refractivity contribution in [3.63, 3.8) is 0 Å². The molecule has 96 valence electrons. The monoisotopic (exact) mass is 246 g/mol. The lowest BCUT2D eigenvalue weighted by atomic mass is 10.1. The van der Waals surface area contributed by atoms with Gasteiger partial charge in [0.05, 0.1) is 6.61 Å². The van der Waals surface area contributed by atoms with E-state index in [-0.39, 0.29) is 11.9 Å². The molecular weight excluding hydrogens is 228 g/mol. The van der Waals surface area contributed by atoms with Crippen molar-refractivity contribution in [1.82, 2.24) is 5.32 Å². The molecule has 0 fully saturated rings. The van der Waals surface area contributed by atoms with Crippen LogP contribution in [0.5, 0.6) is 5.75 Å². The van der Waals surface area contributed by atoms with E-state index in [1.807, 2.05) is 13.8 Å². The van der Waals surface area contributed by atoms with E-state index >= 15 is 0 Å². The van der Waals surface area contributed by atoms with Crippen LogP contribution in [-0.2, 0) is 0 Å². The first-order valence-corrected chi connectivity index (χ1v) is 5.85. The Hall–Kier alpha value is -2.15. The molecule has 0 saturated carbocycles. The topological polar surface area (TPSA) is 64.4 Å². The Morgan fingerprint density at radius 2 is 2.33 bits per heavy atom. The number of ether oxygens (including phenoxy) is 1. The molecule has 1 atom stereocenters. The average molecular weight is 246 g/mol. The summed E-state index contributed by atoms with van der Waals surface area (Å²) >= 11 is 0. The lowest BCUT2D eigenvalue weighted by Crippen LogP contribution is -2.33. The summed E-state index contributed by atoms with van der Waals surface area (Å²) in [5.74, 6) is 2.73. The summed E-state index contributed by atoms with van der Waals surface area (Å²) in [6, 6.07) is 5.04. The van der Waals surface area contributed by atoms with E-state index in [0.717, 1.165) is 0 Å². The molecule has 0 radical (unpaired) electrons. The molecule has 1 unspecified atom stereocenters. The molecule has 1 amide bonds. The SMILES string of the molecule is C#CCC(C)NC(=O)c1c(N)cccc1OCC. The summed E-state index contributed by atoms with van der Waals surface area (Å²) in [5.41, 5.74) is 6.58. The zero-order chi connectivity index (χ0) is 13.5. The van der Waals surface area contributed by atoms with Crippen molar-refractivity contribution in [2.45, 2.75) is 26.3 Å². The fraction of sp³-hybridized carbons (Fsp3) is 0.357. The number of anilines is 1. The highest BCUT2D eigenvalue weighted by Gasteiger charge is 2.17. The Morgan fingerprint density at radius 1 is 1.61 bits per heavy atom. The fourth-order valence-corrected chi connectivity index (χ4v) is 1.59. The summed E-state index contributed by atoms with van der Waals surface area (Å²) in [6.07, 6.45) is 5.68. The highest BCUT2D eigenvalue weighted by Crippen LogP contribution is 2.24. The molecule has 0 saturated heterocycles. The molecule has 1 aromatic carbocycles. The van der Waals surface area contributed by atoms with E-state index in [1.54, 1.807) is 18.2 Å². The second-order valence-corrected chi connectivity index (χ2v) is 3.94. The van der Waals surface area contributed by atoms with Crippen LogP contribution in [0.25, 0.3) is 0 Å². The van der Waals surface area contributed by atoms with Gasteiger partial charge in [-0.1, -0.05) is 6.07 Å². The third-order valence-electron chi connectivity index (χ3n) is 2.39. The number of rotatable bonds is 5. The van der Waals surface area contributed by atoms with Gasteiger partial charge in [0, 0.05) is 18.2 Å². The molecule has 0 bridgehead atoms. The van der Waals surface area contributed by atoms with Crippen molar-refractivity contribution in [2.24, 2.45) is 0 Å². The number of carbonyl (C=O) groups is 1. The zero-order valence-electron chi connectivity index (χ0n) is 10.7. The number of nitrogens with two attached hydrogens (primary N) is 1. The van der Waals surface area contributed by atoms with Gasteiger partial charge in [-0.3, -0.25) is 4.79 Å². The average Bonchev–Trinajstić information content (AvgIpc) is 2.29. The largest absolute Gasteiger partial charge is 0.493 e. The van der Waals surface area contributed by atoms with Crippen molar-refractivity contribution in [2.75, 3.05) is 12.3 Å². The van der Waals surface area contributed by atoms with Crippen molar-refractivity contribution in [3.05, 3.63) is 23.8 Å². The number of benzene rings is 1. The quantitative estimate of drug-likeness (QED) is 0.615. The van der Waals surface area contributed by atoms with Gasteiger partial charge in [-0.25, -0.2) is 0 Å². The number of nitrogens with one attached hydrogen (secondary N) is 1. The van der Waals surface area contributed by atoms with Crippen molar-refractivity contribution >= 4 is 11.6 Å². The van der Waals surface area contributed by atoms with Crippen LogP contribution in [0.2, 0.25) is 0 Å². The Balaban J connectivity index is 2.94. The van der Waals surface area contributed by atoms with Gasteiger partial charge < -0.3 is 15.8 Å². The van der Waals surface area contributed by atoms with Crippen LogP contribution < -0.4 is 15.8 Å². The van der Waals surface area contributed by atoms with E-state index < -0.39 is 0 Å². The zero-order valence-corrected chi connectivity index (χ0v) is 10.7. The van der Waals surface area contributed by atoms with Gasteiger partial charge in [0.1, 0.15) is 11.3 Å². The molecule has 0 aliphatic heterocycles. The van der Waals surface area contributed by atoms with Crippen molar-refractivity contribution in [1.29, 1.82) is 0 Å². The van der Waals surface area contributed by atoms with Crippen LogP contribution in [0.15, 0.2) is 18.2 Å². The molecule has 0 spiro atoms. The van der Waals surface area contributed by atoms with Crippen LogP contribution in [0.4, 0.5) is 5.69 Å². The third kappa shape index (κ3) is 3.42. The molecule has 0 aliphatic rings. The van der Waals surface area contributed by atoms with Crippen LogP contribution in [0.1, 0.15) is 30.6 Å². The molecule has 3 N–H and O–H groups in total. The smallest absolute Gasteiger partial charge is 0.257 e. The van der Waals surface area contributed by atoms with Crippen LogP contribution in [0.3, 0.4) is 0 Å². The minimum absolute atomic E-state index is 0.100. The molecular formula is C14H18N2O2. The first-order valence-electron chi connectivity index (χ1n) is 5.85. The molecule has 18 heavy (non-hydrogen) atoms. The number of nitrogen functional groups attached to an aromatic ring is 1. The van der Waals surface area contributed by atoms with Gasteiger partial charge in [-0.15, -0.1) is 12.3 Å². The number of hydrogen-bond donors (Lipinski definition) is 2. The van der Waals surface area contributed by atoms with Crippen LogP contribution in [0, 0.1) is 12.3 Å². The first-order chi connectivity index (χ1) is 8.60. The van der Waals surface area contributed by atoms with Gasteiger partial charge >= 0.3 is 0 Å². The Bertz CT molecular complexity index is 463. The van der Waals surface area contributed by atoms with E-state index in [1.165, 1.54) is 0 Å². The normalized spacial score (nSPS) is 11.4. The highest BCUT2D eigenvalue weighted by atomic mass is 16.5. The maximum absolute atomic E-state index is 12.1. The number of terminal acetylenes is 1. The standard InChI is InChI=1S/C14H18N2O2/c1-4-7-10(3)16-14(17)13-11(15)8-6-9-12(13)18-5-2/h1,6,8-10H,5,7,15H2,2-3H3,(H,16,17). The molecule has 4 nitrogen and oxygen atoms in total. The third-order valence-corrected chi connectivity index (χ3v) is 2.39. The van der Waals surface area contributed by atoms with Gasteiger partial charge in [-0.05, 0) is 26.0 Å². The van der Waals surface area contributed by atoms with Gasteiger partial charge in [0.25, 0.3) is 5.91 Å². The van der Waals surface area contributed by atoms with Crippen LogP contribution in [-0.4, -0.2) is 18.6 Å². The molecule has 0 aromatic heterocycles. The van der Waals surface area contributed by atoms with E-state index in [0.29, 0.717) is 30.0 Å². The van der Waals surface area contributed by atoms with Gasteiger partial charge in [-0.2, -0.15) is 0 Å². The second-order valence-electron chi connectivity index (χ2n) is 3.94. The maximum Gasteiger partial charge on any atom is 0.257 e. The van der Waals surface area contributed by atoms with Gasteiger partial charge in [0.2, 0.25) is 0 Å². The predicted molar refractivity (Wildman–Crippen MR) is 72.4 cm³/mol. The summed E-state index contributed by atoms with van der Waals surface area (Å²) in [5, 5.41) is 2.80. The number of carbonyl (C=O) groups excluding carboxylic acids is 1. The van der Waals surface area contributed by atoms with Crippen molar-refractivity contribution in [3.8, 4) is 18.1 Å². The molecule has 0 aliphatic carbocycles. The molecule has 1 aromatic rings. The van der Waals surface area contributed by atoms with E-state index in [9.17, 15) is 4.79 Å². The Kier molecular flexibility index (Phi) is 5.06. The van der Waals surface area contributed by atoms with Crippen LogP contribution >= 0.6 is 0 Å². The lowest BCUT2D eigenvalue weighted by molar-refractivity contribution is 0.0938. The molecule has 4 heteroatoms. The minimum atomic E-state index is -0.265. The van der Waals surface area contributed by atoms with Crippen molar-refractivity contribution < 1.29 is 9.53 Å². The summed E-state index contributed by atoms with van der Waals surface area (Å²) < 4.78 is 5.40. The summed E-state index contributed by atoms with van der Waals surface area (Å²) in [6.45, 7) is 4.17. The second kappa shape index (κ2) is 6.55. The Labute approximate surface area is 108 Å².